The molecule has 204 valence electrons. The van der Waals surface area contributed by atoms with Gasteiger partial charge in [-0.15, -0.1) is 0 Å². The van der Waals surface area contributed by atoms with Gasteiger partial charge in [0, 0.05) is 25.4 Å². The number of hydrogen-bond donors (Lipinski definition) is 1. The average Bonchev–Trinajstić information content (AvgIpc) is 3.25. The normalized spacial score (nSPS) is 33.4. The van der Waals surface area contributed by atoms with Crippen LogP contribution in [0.3, 0.4) is 0 Å². The Kier molecular flexibility index (Phi) is 7.33. The molecule has 9 heteroatoms. The lowest BCUT2D eigenvalue weighted by atomic mass is 9.74. The molecule has 4 aliphatic rings. The van der Waals surface area contributed by atoms with Gasteiger partial charge in [0.1, 0.15) is 23.3 Å². The van der Waals surface area contributed by atoms with Crippen molar-refractivity contribution in [2.24, 2.45) is 11.8 Å². The summed E-state index contributed by atoms with van der Waals surface area (Å²) in [5.74, 6) is -2.08. The van der Waals surface area contributed by atoms with Gasteiger partial charge in [0.2, 0.25) is 5.91 Å². The Morgan fingerprint density at radius 3 is 2.55 bits per heavy atom. The van der Waals surface area contributed by atoms with Gasteiger partial charge >= 0.3 is 5.97 Å². The van der Waals surface area contributed by atoms with Crippen molar-refractivity contribution in [2.75, 3.05) is 38.3 Å². The van der Waals surface area contributed by atoms with Crippen LogP contribution in [-0.2, 0) is 23.9 Å². The van der Waals surface area contributed by atoms with Crippen LogP contribution in [0.25, 0.3) is 0 Å². The fourth-order valence-electron chi connectivity index (χ4n) is 6.44. The SMILES string of the molecule is COc1ccc(N2CC=C[C@]34O[C@]5(C)/C=C\CCCOC(=O)[C@@H]5[C@H]3C(=O)N(CCCCCO)C4C2=O)cc1. The molecule has 1 aromatic carbocycles. The number of likely N-dealkylation sites (tertiary alicyclic amines) is 1. The first-order chi connectivity index (χ1) is 18.4. The van der Waals surface area contributed by atoms with Crippen LogP contribution in [-0.4, -0.2) is 78.4 Å². The number of aliphatic hydroxyl groups excluding tert-OH is 1. The highest BCUT2D eigenvalue weighted by molar-refractivity contribution is 6.05. The second-order valence-corrected chi connectivity index (χ2v) is 10.6. The highest BCUT2D eigenvalue weighted by atomic mass is 16.6. The third kappa shape index (κ3) is 4.31. The number of anilines is 1. The predicted molar refractivity (Wildman–Crippen MR) is 139 cm³/mol. The summed E-state index contributed by atoms with van der Waals surface area (Å²) in [4.78, 5) is 45.2. The Hall–Kier alpha value is -3.17. The number of amides is 2. The van der Waals surface area contributed by atoms with Gasteiger partial charge in [-0.25, -0.2) is 0 Å². The topological polar surface area (TPSA) is 106 Å². The van der Waals surface area contributed by atoms with E-state index >= 15 is 0 Å². The summed E-state index contributed by atoms with van der Waals surface area (Å²) in [7, 11) is 1.58. The zero-order valence-corrected chi connectivity index (χ0v) is 22.0. The summed E-state index contributed by atoms with van der Waals surface area (Å²) < 4.78 is 17.7. The molecule has 2 fully saturated rings. The van der Waals surface area contributed by atoms with Gasteiger partial charge in [-0.1, -0.05) is 24.3 Å². The molecular formula is C29H36N2O7. The van der Waals surface area contributed by atoms with E-state index in [4.69, 9.17) is 14.2 Å². The summed E-state index contributed by atoms with van der Waals surface area (Å²) >= 11 is 0. The molecule has 5 atom stereocenters. The van der Waals surface area contributed by atoms with Crippen LogP contribution < -0.4 is 9.64 Å². The van der Waals surface area contributed by atoms with E-state index < -0.39 is 35.0 Å². The zero-order valence-electron chi connectivity index (χ0n) is 22.0. The molecule has 0 radical (unpaired) electrons. The number of allylic oxidation sites excluding steroid dienone is 1. The Morgan fingerprint density at radius 2 is 1.82 bits per heavy atom. The molecule has 0 aliphatic carbocycles. The maximum Gasteiger partial charge on any atom is 0.313 e. The molecule has 4 aliphatic heterocycles. The van der Waals surface area contributed by atoms with Gasteiger partial charge in [-0.05, 0) is 63.3 Å². The van der Waals surface area contributed by atoms with E-state index in [1.807, 2.05) is 43.4 Å². The van der Waals surface area contributed by atoms with Crippen LogP contribution in [0.5, 0.6) is 5.75 Å². The van der Waals surface area contributed by atoms with Gasteiger partial charge in [0.05, 0.1) is 25.2 Å². The number of benzene rings is 1. The lowest BCUT2D eigenvalue weighted by molar-refractivity contribution is -0.158. The van der Waals surface area contributed by atoms with Crippen molar-refractivity contribution in [3.05, 3.63) is 48.6 Å². The highest BCUT2D eigenvalue weighted by Gasteiger charge is 2.74. The summed E-state index contributed by atoms with van der Waals surface area (Å²) in [6.07, 6.45) is 10.9. The number of esters is 1. The van der Waals surface area contributed by atoms with E-state index in [1.165, 1.54) is 0 Å². The summed E-state index contributed by atoms with van der Waals surface area (Å²) in [5, 5.41) is 9.23. The van der Waals surface area contributed by atoms with E-state index in [2.05, 4.69) is 0 Å². The minimum atomic E-state index is -1.31. The number of carbonyl (C=O) groups is 3. The summed E-state index contributed by atoms with van der Waals surface area (Å²) in [5.41, 5.74) is -1.73. The largest absolute Gasteiger partial charge is 0.497 e. The number of nitrogens with zero attached hydrogens (tertiary/aromatic N) is 2. The van der Waals surface area contributed by atoms with Crippen LogP contribution in [0.4, 0.5) is 5.69 Å². The predicted octanol–water partition coefficient (Wildman–Crippen LogP) is 2.62. The number of aliphatic hydroxyl groups is 1. The van der Waals surface area contributed by atoms with Crippen LogP contribution in [0.15, 0.2) is 48.6 Å². The number of ether oxygens (including phenoxy) is 3. The fraction of sp³-hybridized carbons (Fsp3) is 0.552. The lowest BCUT2D eigenvalue weighted by Gasteiger charge is -2.37. The van der Waals surface area contributed by atoms with Crippen LogP contribution in [0, 0.1) is 11.8 Å². The van der Waals surface area contributed by atoms with Gasteiger partial charge in [0.25, 0.3) is 5.91 Å². The first-order valence-electron chi connectivity index (χ1n) is 13.5. The maximum atomic E-state index is 14.4. The molecule has 5 rings (SSSR count). The first kappa shape index (κ1) is 26.4. The molecule has 1 spiro atoms. The molecule has 1 aromatic rings. The van der Waals surface area contributed by atoms with Crippen molar-refractivity contribution in [1.82, 2.24) is 4.90 Å². The first-order valence-corrected chi connectivity index (χ1v) is 13.5. The molecule has 1 N–H and O–H groups in total. The second-order valence-electron chi connectivity index (χ2n) is 10.6. The van der Waals surface area contributed by atoms with E-state index in [0.717, 1.165) is 6.42 Å². The van der Waals surface area contributed by atoms with Crippen molar-refractivity contribution < 1.29 is 33.7 Å². The Bertz CT molecular complexity index is 1130. The molecule has 9 nitrogen and oxygen atoms in total. The molecule has 0 aromatic heterocycles. The Labute approximate surface area is 223 Å². The second kappa shape index (κ2) is 10.5. The molecule has 2 amide bonds. The van der Waals surface area contributed by atoms with Crippen LogP contribution in [0.2, 0.25) is 0 Å². The maximum absolute atomic E-state index is 14.4. The van der Waals surface area contributed by atoms with Gasteiger partial charge in [0.15, 0.2) is 0 Å². The smallest absolute Gasteiger partial charge is 0.313 e. The van der Waals surface area contributed by atoms with Gasteiger partial charge < -0.3 is 29.1 Å². The van der Waals surface area contributed by atoms with Crippen molar-refractivity contribution in [1.29, 1.82) is 0 Å². The molecule has 4 heterocycles. The number of rotatable bonds is 7. The minimum absolute atomic E-state index is 0.0680. The van der Waals surface area contributed by atoms with Gasteiger partial charge in [-0.2, -0.15) is 0 Å². The quantitative estimate of drug-likeness (QED) is 0.332. The fourth-order valence-corrected chi connectivity index (χ4v) is 6.44. The molecule has 1 unspecified atom stereocenters. The van der Waals surface area contributed by atoms with Crippen molar-refractivity contribution in [2.45, 2.75) is 56.3 Å². The van der Waals surface area contributed by atoms with Gasteiger partial charge in [-0.3, -0.25) is 14.4 Å². The minimum Gasteiger partial charge on any atom is -0.497 e. The number of carbonyl (C=O) groups excluding carboxylic acids is 3. The number of fused-ring (bicyclic) bond motifs is 2. The lowest BCUT2D eigenvalue weighted by Crippen LogP contribution is -2.56. The third-order valence-corrected chi connectivity index (χ3v) is 8.19. The van der Waals surface area contributed by atoms with Crippen molar-refractivity contribution >= 4 is 23.5 Å². The van der Waals surface area contributed by atoms with Crippen molar-refractivity contribution in [3.63, 3.8) is 0 Å². The van der Waals surface area contributed by atoms with E-state index in [-0.39, 0.29) is 25.0 Å². The average molecular weight is 525 g/mol. The molecule has 0 saturated carbocycles. The van der Waals surface area contributed by atoms with Crippen molar-refractivity contribution in [3.8, 4) is 5.75 Å². The highest BCUT2D eigenvalue weighted by Crippen LogP contribution is 2.57. The number of hydrogen-bond acceptors (Lipinski definition) is 7. The number of cyclic esters (lactones) is 1. The summed E-state index contributed by atoms with van der Waals surface area (Å²) in [6, 6.07) is 6.28. The van der Waals surface area contributed by atoms with E-state index in [1.54, 1.807) is 29.0 Å². The van der Waals surface area contributed by atoms with E-state index in [9.17, 15) is 19.5 Å². The van der Waals surface area contributed by atoms with E-state index in [0.29, 0.717) is 50.2 Å². The van der Waals surface area contributed by atoms with Crippen LogP contribution in [0.1, 0.15) is 39.0 Å². The number of methoxy groups -OCH3 is 1. The monoisotopic (exact) mass is 524 g/mol. The Balaban J connectivity index is 1.58. The third-order valence-electron chi connectivity index (χ3n) is 8.19. The van der Waals surface area contributed by atoms with Crippen LogP contribution >= 0.6 is 0 Å². The zero-order chi connectivity index (χ0) is 26.9. The molecular weight excluding hydrogens is 488 g/mol. The Morgan fingerprint density at radius 1 is 1.03 bits per heavy atom. The standard InChI is InChI=1S/C29H36N2O7/c1-28-14-5-3-8-19-37-27(35)23(28)22-25(33)31(16-6-4-7-18-32)24-26(34)30(17-9-15-29(22,24)38-28)20-10-12-21(36-2)13-11-20/h5,9-15,22-24,32H,3-4,6-8,16-19H2,1-2H3/b14-5-/t22-,23-,24?,28+,29-/m0/s1. The number of unbranched alkanes of at least 4 members (excludes halogenated alkanes) is 2. The summed E-state index contributed by atoms with van der Waals surface area (Å²) in [6.45, 7) is 2.79. The molecule has 0 bridgehead atoms. The molecule has 38 heavy (non-hydrogen) atoms. The molecule has 2 saturated heterocycles.